The van der Waals surface area contributed by atoms with E-state index in [1.54, 1.807) is 0 Å². The molecule has 18 heavy (non-hydrogen) atoms. The number of hydrogen-bond acceptors (Lipinski definition) is 2. The number of benzene rings is 1. The van der Waals surface area contributed by atoms with E-state index >= 15 is 0 Å². The molecule has 0 saturated heterocycles. The van der Waals surface area contributed by atoms with Crippen molar-refractivity contribution in [2.75, 3.05) is 6.54 Å². The minimum atomic E-state index is 0.745. The van der Waals surface area contributed by atoms with Gasteiger partial charge < -0.3 is 9.88 Å². The topological polar surface area (TPSA) is 29.9 Å². The van der Waals surface area contributed by atoms with Crippen LogP contribution >= 0.6 is 0 Å². The van der Waals surface area contributed by atoms with Gasteiger partial charge >= 0.3 is 0 Å². The monoisotopic (exact) mass is 243 g/mol. The Labute approximate surface area is 108 Å². The summed E-state index contributed by atoms with van der Waals surface area (Å²) in [5, 5.41) is 3.63. The summed E-state index contributed by atoms with van der Waals surface area (Å²) < 4.78 is 2.31. The Balaban J connectivity index is 1.65. The van der Waals surface area contributed by atoms with Crippen molar-refractivity contribution in [1.29, 1.82) is 0 Å². The van der Waals surface area contributed by atoms with Crippen molar-refractivity contribution in [3.8, 4) is 0 Å². The van der Waals surface area contributed by atoms with Crippen molar-refractivity contribution < 1.29 is 0 Å². The minimum absolute atomic E-state index is 0.745. The predicted molar refractivity (Wildman–Crippen MR) is 74.7 cm³/mol. The lowest BCUT2D eigenvalue weighted by molar-refractivity contribution is 0.240. The lowest BCUT2D eigenvalue weighted by atomic mass is 9.82. The lowest BCUT2D eigenvalue weighted by Gasteiger charge is -2.33. The van der Waals surface area contributed by atoms with Gasteiger partial charge in [0.05, 0.1) is 11.0 Å². The van der Waals surface area contributed by atoms with Gasteiger partial charge in [-0.3, -0.25) is 0 Å². The third kappa shape index (κ3) is 2.15. The molecule has 0 atom stereocenters. The fourth-order valence-electron chi connectivity index (χ4n) is 2.93. The Morgan fingerprint density at radius 2 is 2.11 bits per heavy atom. The van der Waals surface area contributed by atoms with E-state index in [9.17, 15) is 0 Å². The zero-order valence-corrected chi connectivity index (χ0v) is 11.2. The van der Waals surface area contributed by atoms with Crippen molar-refractivity contribution in [2.45, 2.75) is 39.3 Å². The summed E-state index contributed by atoms with van der Waals surface area (Å²) in [6.07, 6.45) is 2.67. The molecule has 1 aliphatic carbocycles. The predicted octanol–water partition coefficient (Wildman–Crippen LogP) is 2.73. The number of aromatic nitrogens is 2. The first-order valence-corrected chi connectivity index (χ1v) is 6.89. The van der Waals surface area contributed by atoms with Crippen LogP contribution in [0.1, 0.15) is 25.6 Å². The summed E-state index contributed by atoms with van der Waals surface area (Å²) in [6.45, 7) is 6.47. The molecular formula is C15H21N3. The highest BCUT2D eigenvalue weighted by Gasteiger charge is 2.24. The smallest absolute Gasteiger partial charge is 0.106 e. The molecule has 1 aromatic carbocycles. The average molecular weight is 243 g/mol. The van der Waals surface area contributed by atoms with Crippen LogP contribution in [-0.2, 0) is 6.54 Å². The number of rotatable bonds is 4. The first-order valence-electron chi connectivity index (χ1n) is 6.89. The van der Waals surface area contributed by atoms with Crippen LogP contribution in [0.5, 0.6) is 0 Å². The van der Waals surface area contributed by atoms with Gasteiger partial charge in [-0.1, -0.05) is 19.1 Å². The van der Waals surface area contributed by atoms with Crippen molar-refractivity contribution in [3.63, 3.8) is 0 Å². The molecule has 1 N–H and O–H groups in total. The molecule has 3 nitrogen and oxygen atoms in total. The van der Waals surface area contributed by atoms with Crippen LogP contribution in [0.2, 0.25) is 0 Å². The maximum atomic E-state index is 4.59. The van der Waals surface area contributed by atoms with E-state index < -0.39 is 0 Å². The van der Waals surface area contributed by atoms with E-state index in [1.165, 1.54) is 18.4 Å². The van der Waals surface area contributed by atoms with Gasteiger partial charge in [-0.05, 0) is 37.8 Å². The standard InChI is InChI=1S/C15H21N3/c1-11-9-13(10-11)16-7-8-18-12(2)17-14-5-3-4-6-15(14)18/h3-6,11,13,16H,7-10H2,1-2H3. The fraction of sp³-hybridized carbons (Fsp3) is 0.533. The van der Waals surface area contributed by atoms with Gasteiger partial charge in [0.1, 0.15) is 5.82 Å². The molecule has 1 aliphatic rings. The van der Waals surface area contributed by atoms with Crippen molar-refractivity contribution in [3.05, 3.63) is 30.1 Å². The highest BCUT2D eigenvalue weighted by Crippen LogP contribution is 2.26. The Bertz CT molecular complexity index is 538. The number of nitrogens with one attached hydrogen (secondary N) is 1. The van der Waals surface area contributed by atoms with Gasteiger partial charge in [-0.15, -0.1) is 0 Å². The van der Waals surface area contributed by atoms with E-state index in [1.807, 2.05) is 6.07 Å². The first-order chi connectivity index (χ1) is 8.74. The molecule has 0 aliphatic heterocycles. The highest BCUT2D eigenvalue weighted by molar-refractivity contribution is 5.75. The molecule has 1 fully saturated rings. The molecule has 1 aromatic heterocycles. The lowest BCUT2D eigenvalue weighted by Crippen LogP contribution is -2.41. The number of imidazole rings is 1. The number of fused-ring (bicyclic) bond motifs is 1. The second-order valence-electron chi connectivity index (χ2n) is 5.53. The molecule has 3 heteroatoms. The Hall–Kier alpha value is -1.35. The van der Waals surface area contributed by atoms with E-state index in [0.717, 1.165) is 36.4 Å². The molecule has 0 spiro atoms. The van der Waals surface area contributed by atoms with E-state index in [0.29, 0.717) is 0 Å². The third-order valence-corrected chi connectivity index (χ3v) is 3.99. The van der Waals surface area contributed by atoms with Gasteiger partial charge in [0.25, 0.3) is 0 Å². The first kappa shape index (κ1) is 11.7. The molecule has 0 amide bonds. The van der Waals surface area contributed by atoms with Gasteiger partial charge in [-0.2, -0.15) is 0 Å². The largest absolute Gasteiger partial charge is 0.327 e. The van der Waals surface area contributed by atoms with Crippen LogP contribution in [0.4, 0.5) is 0 Å². The summed E-state index contributed by atoms with van der Waals surface area (Å²) in [4.78, 5) is 4.59. The molecule has 1 saturated carbocycles. The molecule has 3 rings (SSSR count). The summed E-state index contributed by atoms with van der Waals surface area (Å²) >= 11 is 0. The quantitative estimate of drug-likeness (QED) is 0.895. The van der Waals surface area contributed by atoms with Crippen LogP contribution in [0.25, 0.3) is 11.0 Å². The third-order valence-electron chi connectivity index (χ3n) is 3.99. The van der Waals surface area contributed by atoms with Gasteiger partial charge in [0, 0.05) is 19.1 Å². The van der Waals surface area contributed by atoms with Crippen molar-refractivity contribution in [1.82, 2.24) is 14.9 Å². The van der Waals surface area contributed by atoms with Gasteiger partial charge in [0.2, 0.25) is 0 Å². The van der Waals surface area contributed by atoms with Crippen LogP contribution in [0.3, 0.4) is 0 Å². The van der Waals surface area contributed by atoms with Crippen LogP contribution in [0.15, 0.2) is 24.3 Å². The number of hydrogen-bond donors (Lipinski definition) is 1. The van der Waals surface area contributed by atoms with E-state index in [-0.39, 0.29) is 0 Å². The zero-order chi connectivity index (χ0) is 12.5. The second kappa shape index (κ2) is 4.73. The normalized spacial score (nSPS) is 23.2. The molecular weight excluding hydrogens is 222 g/mol. The zero-order valence-electron chi connectivity index (χ0n) is 11.2. The van der Waals surface area contributed by atoms with E-state index in [4.69, 9.17) is 0 Å². The van der Waals surface area contributed by atoms with Crippen LogP contribution in [-0.4, -0.2) is 22.1 Å². The fourth-order valence-corrected chi connectivity index (χ4v) is 2.93. The number of nitrogens with zero attached hydrogens (tertiary/aromatic N) is 2. The SMILES string of the molecule is Cc1nc2ccccc2n1CCNC1CC(C)C1. The highest BCUT2D eigenvalue weighted by atomic mass is 15.1. The summed E-state index contributed by atoms with van der Waals surface area (Å²) in [7, 11) is 0. The minimum Gasteiger partial charge on any atom is -0.327 e. The summed E-state index contributed by atoms with van der Waals surface area (Å²) in [5.74, 6) is 2.03. The molecule has 0 radical (unpaired) electrons. The Morgan fingerprint density at radius 1 is 1.33 bits per heavy atom. The maximum Gasteiger partial charge on any atom is 0.106 e. The molecule has 96 valence electrons. The number of para-hydroxylation sites is 2. The molecule has 1 heterocycles. The summed E-state index contributed by atoms with van der Waals surface area (Å²) in [5.41, 5.74) is 2.35. The molecule has 0 unspecified atom stereocenters. The second-order valence-corrected chi connectivity index (χ2v) is 5.53. The molecule has 0 bridgehead atoms. The van der Waals surface area contributed by atoms with E-state index in [2.05, 4.69) is 46.9 Å². The Morgan fingerprint density at radius 3 is 2.89 bits per heavy atom. The van der Waals surface area contributed by atoms with Crippen LogP contribution < -0.4 is 5.32 Å². The average Bonchev–Trinajstić information content (AvgIpc) is 2.63. The maximum absolute atomic E-state index is 4.59. The number of aryl methyl sites for hydroxylation is 1. The Kier molecular flexibility index (Phi) is 3.08. The van der Waals surface area contributed by atoms with Crippen molar-refractivity contribution >= 4 is 11.0 Å². The van der Waals surface area contributed by atoms with Crippen LogP contribution in [0, 0.1) is 12.8 Å². The van der Waals surface area contributed by atoms with Crippen molar-refractivity contribution in [2.24, 2.45) is 5.92 Å². The molecule has 2 aromatic rings. The van der Waals surface area contributed by atoms with Gasteiger partial charge in [-0.25, -0.2) is 4.98 Å². The van der Waals surface area contributed by atoms with Gasteiger partial charge in [0.15, 0.2) is 0 Å². The summed E-state index contributed by atoms with van der Waals surface area (Å²) in [6, 6.07) is 9.12.